The van der Waals surface area contributed by atoms with Crippen molar-refractivity contribution in [3.05, 3.63) is 66.1 Å². The Morgan fingerprint density at radius 2 is 2.04 bits per heavy atom. The van der Waals surface area contributed by atoms with Crippen LogP contribution >= 0.6 is 0 Å². The molecule has 24 heavy (non-hydrogen) atoms. The van der Waals surface area contributed by atoms with Crippen molar-refractivity contribution < 1.29 is 4.79 Å². The minimum atomic E-state index is -0.241. The Hall–Kier alpha value is -3.15. The number of urea groups is 1. The molecule has 1 aromatic carbocycles. The lowest BCUT2D eigenvalue weighted by molar-refractivity contribution is 0.251. The molecule has 3 aromatic rings. The predicted octanol–water partition coefficient (Wildman–Crippen LogP) is 3.11. The maximum atomic E-state index is 12.0. The van der Waals surface area contributed by atoms with Gasteiger partial charge in [0.05, 0.1) is 5.69 Å². The average molecular weight is 321 g/mol. The van der Waals surface area contributed by atoms with Crippen LogP contribution < -0.4 is 10.6 Å². The summed E-state index contributed by atoms with van der Waals surface area (Å²) in [5.74, 6) is 0. The second-order valence-electron chi connectivity index (χ2n) is 5.54. The molecule has 2 amide bonds. The molecule has 0 atom stereocenters. The van der Waals surface area contributed by atoms with E-state index in [0.717, 1.165) is 28.1 Å². The number of anilines is 1. The van der Waals surface area contributed by atoms with E-state index in [1.807, 2.05) is 50.4 Å². The molecule has 6 nitrogen and oxygen atoms in total. The number of nitrogens with zero attached hydrogens (tertiary/aromatic N) is 3. The van der Waals surface area contributed by atoms with Crippen molar-refractivity contribution in [1.82, 2.24) is 20.1 Å². The standard InChI is InChI=1S/C18H19N5O/c1-13-5-3-4-6-16(13)22-18(24)20-11-14-9-15(12-19-10-14)17-7-8-21-23(17)2/h3-10,12H,11H2,1-2H3,(H2,20,22,24). The minimum Gasteiger partial charge on any atom is -0.334 e. The van der Waals surface area contributed by atoms with E-state index >= 15 is 0 Å². The number of aromatic nitrogens is 3. The number of amides is 2. The zero-order chi connectivity index (χ0) is 16.9. The molecule has 0 radical (unpaired) electrons. The summed E-state index contributed by atoms with van der Waals surface area (Å²) in [5.41, 5.74) is 4.69. The van der Waals surface area contributed by atoms with Crippen molar-refractivity contribution >= 4 is 11.7 Å². The lowest BCUT2D eigenvalue weighted by Crippen LogP contribution is -2.28. The van der Waals surface area contributed by atoms with Crippen LogP contribution in [0, 0.1) is 6.92 Å². The molecule has 2 aromatic heterocycles. The summed E-state index contributed by atoms with van der Waals surface area (Å²) in [6, 6.07) is 11.3. The van der Waals surface area contributed by atoms with E-state index in [1.165, 1.54) is 0 Å². The van der Waals surface area contributed by atoms with Crippen molar-refractivity contribution in [2.75, 3.05) is 5.32 Å². The lowest BCUT2D eigenvalue weighted by atomic mass is 10.1. The maximum Gasteiger partial charge on any atom is 0.319 e. The third-order valence-corrected chi connectivity index (χ3v) is 3.76. The van der Waals surface area contributed by atoms with Gasteiger partial charge in [-0.15, -0.1) is 0 Å². The Balaban J connectivity index is 1.64. The number of rotatable bonds is 4. The largest absolute Gasteiger partial charge is 0.334 e. The number of hydrogen-bond acceptors (Lipinski definition) is 3. The van der Waals surface area contributed by atoms with E-state index in [2.05, 4.69) is 20.7 Å². The summed E-state index contributed by atoms with van der Waals surface area (Å²) in [6.45, 7) is 2.35. The molecule has 0 aliphatic rings. The molecule has 2 heterocycles. The highest BCUT2D eigenvalue weighted by Crippen LogP contribution is 2.18. The van der Waals surface area contributed by atoms with Gasteiger partial charge in [0.1, 0.15) is 0 Å². The molecule has 0 fully saturated rings. The number of benzene rings is 1. The number of hydrogen-bond donors (Lipinski definition) is 2. The second-order valence-corrected chi connectivity index (χ2v) is 5.54. The smallest absolute Gasteiger partial charge is 0.319 e. The number of carbonyl (C=O) groups excluding carboxylic acids is 1. The van der Waals surface area contributed by atoms with E-state index in [9.17, 15) is 4.79 Å². The van der Waals surface area contributed by atoms with Crippen LogP contribution in [0.1, 0.15) is 11.1 Å². The quantitative estimate of drug-likeness (QED) is 0.775. The Bertz CT molecular complexity index is 856. The lowest BCUT2D eigenvalue weighted by Gasteiger charge is -2.10. The Morgan fingerprint density at radius 1 is 1.21 bits per heavy atom. The predicted molar refractivity (Wildman–Crippen MR) is 93.5 cm³/mol. The molecule has 122 valence electrons. The summed E-state index contributed by atoms with van der Waals surface area (Å²) < 4.78 is 1.79. The maximum absolute atomic E-state index is 12.0. The topological polar surface area (TPSA) is 71.8 Å². The van der Waals surface area contributed by atoms with Gasteiger partial charge in [0.15, 0.2) is 0 Å². The van der Waals surface area contributed by atoms with Crippen LogP contribution in [-0.4, -0.2) is 20.8 Å². The molecule has 0 aliphatic carbocycles. The summed E-state index contributed by atoms with van der Waals surface area (Å²) in [7, 11) is 1.88. The molecule has 0 unspecified atom stereocenters. The van der Waals surface area contributed by atoms with Crippen LogP contribution in [0.4, 0.5) is 10.5 Å². The highest BCUT2D eigenvalue weighted by Gasteiger charge is 2.06. The molecular weight excluding hydrogens is 302 g/mol. The van der Waals surface area contributed by atoms with E-state index < -0.39 is 0 Å². The SMILES string of the molecule is Cc1ccccc1NC(=O)NCc1cncc(-c2ccnn2C)c1. The first-order valence-electron chi connectivity index (χ1n) is 7.66. The number of carbonyl (C=O) groups is 1. The van der Waals surface area contributed by atoms with Gasteiger partial charge in [-0.25, -0.2) is 4.79 Å². The Kier molecular flexibility index (Phi) is 4.56. The molecule has 6 heteroatoms. The fraction of sp³-hybridized carbons (Fsp3) is 0.167. The van der Waals surface area contributed by atoms with Crippen LogP contribution in [0.2, 0.25) is 0 Å². The first-order valence-corrected chi connectivity index (χ1v) is 7.66. The molecule has 3 rings (SSSR count). The van der Waals surface area contributed by atoms with Gasteiger partial charge in [0.25, 0.3) is 0 Å². The fourth-order valence-corrected chi connectivity index (χ4v) is 2.44. The molecule has 0 saturated carbocycles. The molecule has 0 bridgehead atoms. The van der Waals surface area contributed by atoms with E-state index in [-0.39, 0.29) is 6.03 Å². The van der Waals surface area contributed by atoms with Crippen LogP contribution in [0.3, 0.4) is 0 Å². The van der Waals surface area contributed by atoms with Crippen molar-refractivity contribution in [1.29, 1.82) is 0 Å². The van der Waals surface area contributed by atoms with Gasteiger partial charge in [-0.05, 0) is 36.2 Å². The molecule has 0 aliphatic heterocycles. The zero-order valence-electron chi connectivity index (χ0n) is 13.7. The molecule has 2 N–H and O–H groups in total. The Morgan fingerprint density at radius 3 is 2.79 bits per heavy atom. The monoisotopic (exact) mass is 321 g/mol. The van der Waals surface area contributed by atoms with Gasteiger partial charge in [-0.1, -0.05) is 18.2 Å². The van der Waals surface area contributed by atoms with E-state index in [1.54, 1.807) is 23.3 Å². The van der Waals surface area contributed by atoms with Gasteiger partial charge in [0.2, 0.25) is 0 Å². The zero-order valence-corrected chi connectivity index (χ0v) is 13.7. The summed E-state index contributed by atoms with van der Waals surface area (Å²) in [4.78, 5) is 16.3. The third kappa shape index (κ3) is 3.60. The van der Waals surface area contributed by atoms with Crippen molar-refractivity contribution in [2.24, 2.45) is 7.05 Å². The van der Waals surface area contributed by atoms with Gasteiger partial charge >= 0.3 is 6.03 Å². The fourth-order valence-electron chi connectivity index (χ4n) is 2.44. The summed E-state index contributed by atoms with van der Waals surface area (Å²) >= 11 is 0. The number of aryl methyl sites for hydroxylation is 2. The summed E-state index contributed by atoms with van der Waals surface area (Å²) in [5, 5.41) is 9.86. The van der Waals surface area contributed by atoms with Gasteiger partial charge in [0, 0.05) is 43.4 Å². The second kappa shape index (κ2) is 6.95. The highest BCUT2D eigenvalue weighted by molar-refractivity contribution is 5.89. The van der Waals surface area contributed by atoms with Gasteiger partial charge in [-0.2, -0.15) is 5.10 Å². The first-order chi connectivity index (χ1) is 11.6. The minimum absolute atomic E-state index is 0.241. The average Bonchev–Trinajstić information content (AvgIpc) is 3.01. The first kappa shape index (κ1) is 15.7. The Labute approximate surface area is 140 Å². The van der Waals surface area contributed by atoms with Crippen LogP contribution in [-0.2, 0) is 13.6 Å². The molecular formula is C18H19N5O. The van der Waals surface area contributed by atoms with Gasteiger partial charge in [-0.3, -0.25) is 9.67 Å². The van der Waals surface area contributed by atoms with E-state index in [0.29, 0.717) is 6.54 Å². The van der Waals surface area contributed by atoms with Gasteiger partial charge < -0.3 is 10.6 Å². The van der Waals surface area contributed by atoms with Crippen LogP contribution in [0.5, 0.6) is 0 Å². The highest BCUT2D eigenvalue weighted by atomic mass is 16.2. The third-order valence-electron chi connectivity index (χ3n) is 3.76. The number of pyridine rings is 1. The number of para-hydroxylation sites is 1. The van der Waals surface area contributed by atoms with Crippen LogP contribution in [0.25, 0.3) is 11.3 Å². The molecule has 0 saturated heterocycles. The van der Waals surface area contributed by atoms with Crippen molar-refractivity contribution in [3.63, 3.8) is 0 Å². The van der Waals surface area contributed by atoms with Crippen molar-refractivity contribution in [2.45, 2.75) is 13.5 Å². The normalized spacial score (nSPS) is 10.4. The summed E-state index contributed by atoms with van der Waals surface area (Å²) in [6.07, 6.45) is 5.28. The van der Waals surface area contributed by atoms with Crippen molar-refractivity contribution in [3.8, 4) is 11.3 Å². The van der Waals surface area contributed by atoms with E-state index in [4.69, 9.17) is 0 Å². The molecule has 0 spiro atoms. The van der Waals surface area contributed by atoms with Crippen LogP contribution in [0.15, 0.2) is 55.0 Å². The number of nitrogens with one attached hydrogen (secondary N) is 2.